The third kappa shape index (κ3) is 2.42. The highest BCUT2D eigenvalue weighted by Gasteiger charge is 2.14. The maximum absolute atomic E-state index is 12.5. The fraction of sp³-hybridized carbons (Fsp3) is 0.167. The van der Waals surface area contributed by atoms with Gasteiger partial charge in [0.25, 0.3) is 0 Å². The molecule has 6 heteroatoms. The Bertz CT molecular complexity index is 1060. The molecule has 120 valence electrons. The van der Waals surface area contributed by atoms with E-state index >= 15 is 0 Å². The van der Waals surface area contributed by atoms with Crippen molar-refractivity contribution in [3.63, 3.8) is 0 Å². The smallest absolute Gasteiger partial charge is 0.228 e. The van der Waals surface area contributed by atoms with E-state index in [1.54, 1.807) is 4.52 Å². The average Bonchev–Trinajstić information content (AvgIpc) is 3.08. The molecular weight excluding hydrogens is 302 g/mol. The van der Waals surface area contributed by atoms with Crippen LogP contribution in [-0.2, 0) is 11.2 Å². The maximum Gasteiger partial charge on any atom is 0.228 e. The van der Waals surface area contributed by atoms with E-state index < -0.39 is 0 Å². The molecule has 4 aromatic rings. The highest BCUT2D eigenvalue weighted by molar-refractivity contribution is 5.98. The summed E-state index contributed by atoms with van der Waals surface area (Å²) in [4.78, 5) is 20.2. The number of rotatable bonds is 3. The van der Waals surface area contributed by atoms with Crippen molar-refractivity contribution in [2.45, 2.75) is 20.3 Å². The van der Waals surface area contributed by atoms with Crippen LogP contribution in [-0.4, -0.2) is 25.5 Å². The van der Waals surface area contributed by atoms with Crippen LogP contribution in [0.4, 0.5) is 5.69 Å². The number of H-pyrrole nitrogens is 1. The van der Waals surface area contributed by atoms with Gasteiger partial charge in [-0.1, -0.05) is 18.2 Å². The molecule has 0 unspecified atom stereocenters. The first kappa shape index (κ1) is 14.4. The van der Waals surface area contributed by atoms with Crippen LogP contribution in [0.1, 0.15) is 17.1 Å². The number of benzene rings is 1. The second kappa shape index (κ2) is 5.49. The Kier molecular flexibility index (Phi) is 3.30. The van der Waals surface area contributed by atoms with Crippen molar-refractivity contribution in [1.82, 2.24) is 19.6 Å². The number of aromatic nitrogens is 4. The molecule has 0 aliphatic carbocycles. The Labute approximate surface area is 138 Å². The zero-order valence-corrected chi connectivity index (χ0v) is 13.5. The van der Waals surface area contributed by atoms with Gasteiger partial charge < -0.3 is 10.3 Å². The molecule has 0 radical (unpaired) electrons. The largest absolute Gasteiger partial charge is 0.358 e. The number of para-hydroxylation sites is 1. The van der Waals surface area contributed by atoms with E-state index in [4.69, 9.17) is 0 Å². The van der Waals surface area contributed by atoms with Gasteiger partial charge in [-0.2, -0.15) is 5.10 Å². The molecule has 0 spiro atoms. The van der Waals surface area contributed by atoms with Gasteiger partial charge in [0.15, 0.2) is 5.65 Å². The molecule has 0 saturated carbocycles. The molecule has 0 bridgehead atoms. The lowest BCUT2D eigenvalue weighted by Gasteiger charge is -2.06. The van der Waals surface area contributed by atoms with E-state index in [1.165, 1.54) is 0 Å². The monoisotopic (exact) mass is 319 g/mol. The number of nitrogens with zero attached hydrogens (tertiary/aromatic N) is 3. The molecule has 24 heavy (non-hydrogen) atoms. The van der Waals surface area contributed by atoms with Gasteiger partial charge in [0.2, 0.25) is 5.91 Å². The van der Waals surface area contributed by atoms with Crippen LogP contribution in [0.5, 0.6) is 0 Å². The molecule has 0 saturated heterocycles. The zero-order valence-electron chi connectivity index (χ0n) is 13.5. The fourth-order valence-electron chi connectivity index (χ4n) is 3.03. The summed E-state index contributed by atoms with van der Waals surface area (Å²) in [6.45, 7) is 3.82. The highest BCUT2D eigenvalue weighted by atomic mass is 16.1. The number of carbonyl (C=O) groups excluding carboxylic acids is 1. The topological polar surface area (TPSA) is 75.1 Å². The van der Waals surface area contributed by atoms with Gasteiger partial charge in [-0.05, 0) is 37.6 Å². The zero-order chi connectivity index (χ0) is 16.7. The van der Waals surface area contributed by atoms with Crippen molar-refractivity contribution in [1.29, 1.82) is 0 Å². The molecule has 0 fully saturated rings. The lowest BCUT2D eigenvalue weighted by atomic mass is 10.1. The Morgan fingerprint density at radius 1 is 1.21 bits per heavy atom. The van der Waals surface area contributed by atoms with E-state index in [-0.39, 0.29) is 5.91 Å². The Balaban J connectivity index is 1.63. The predicted molar refractivity (Wildman–Crippen MR) is 93.1 cm³/mol. The van der Waals surface area contributed by atoms with Crippen LogP contribution >= 0.6 is 0 Å². The van der Waals surface area contributed by atoms with E-state index in [0.717, 1.165) is 22.2 Å². The third-order valence-electron chi connectivity index (χ3n) is 4.11. The van der Waals surface area contributed by atoms with Gasteiger partial charge in [-0.25, -0.2) is 9.50 Å². The van der Waals surface area contributed by atoms with Gasteiger partial charge in [0, 0.05) is 22.8 Å². The van der Waals surface area contributed by atoms with Crippen LogP contribution in [0.25, 0.3) is 16.6 Å². The van der Waals surface area contributed by atoms with Crippen molar-refractivity contribution in [3.05, 3.63) is 59.7 Å². The number of hydrogen-bond donors (Lipinski definition) is 2. The summed E-state index contributed by atoms with van der Waals surface area (Å²) < 4.78 is 1.67. The summed E-state index contributed by atoms with van der Waals surface area (Å²) in [7, 11) is 0. The molecule has 3 aromatic heterocycles. The van der Waals surface area contributed by atoms with Crippen LogP contribution in [0.2, 0.25) is 0 Å². The summed E-state index contributed by atoms with van der Waals surface area (Å²) >= 11 is 0. The second-order valence-corrected chi connectivity index (χ2v) is 5.85. The molecule has 0 aliphatic rings. The molecule has 1 amide bonds. The third-order valence-corrected chi connectivity index (χ3v) is 4.11. The number of anilines is 1. The first-order valence-electron chi connectivity index (χ1n) is 7.80. The lowest BCUT2D eigenvalue weighted by molar-refractivity contribution is -0.115. The predicted octanol–water partition coefficient (Wildman–Crippen LogP) is 3.01. The van der Waals surface area contributed by atoms with Gasteiger partial charge in [-0.3, -0.25) is 4.79 Å². The van der Waals surface area contributed by atoms with E-state index in [1.807, 2.05) is 56.4 Å². The second-order valence-electron chi connectivity index (χ2n) is 5.85. The first-order valence-corrected chi connectivity index (χ1v) is 7.80. The van der Waals surface area contributed by atoms with Crippen molar-refractivity contribution < 1.29 is 4.79 Å². The lowest BCUT2D eigenvalue weighted by Crippen LogP contribution is -2.15. The standard InChI is InChI=1S/C18H17N5O/c1-11-14(13-6-3-4-7-15(13)19-11)10-17(24)21-16-8-5-9-23-18(16)20-12(2)22-23/h3-9,19H,10H2,1-2H3,(H,21,24). The number of nitrogens with one attached hydrogen (secondary N) is 2. The minimum atomic E-state index is -0.0726. The number of fused-ring (bicyclic) bond motifs is 2. The SMILES string of the molecule is Cc1nc2c(NC(=O)Cc3c(C)[nH]c4ccccc34)cccn2n1. The number of pyridine rings is 1. The molecule has 6 nitrogen and oxygen atoms in total. The fourth-order valence-corrected chi connectivity index (χ4v) is 3.03. The summed E-state index contributed by atoms with van der Waals surface area (Å²) in [6, 6.07) is 11.7. The Morgan fingerprint density at radius 3 is 2.92 bits per heavy atom. The maximum atomic E-state index is 12.5. The van der Waals surface area contributed by atoms with Gasteiger partial charge in [0.1, 0.15) is 5.82 Å². The van der Waals surface area contributed by atoms with Crippen molar-refractivity contribution in [2.24, 2.45) is 0 Å². The van der Waals surface area contributed by atoms with Crippen LogP contribution in [0.3, 0.4) is 0 Å². The van der Waals surface area contributed by atoms with Crippen LogP contribution in [0.15, 0.2) is 42.6 Å². The normalized spacial score (nSPS) is 11.2. The number of aromatic amines is 1. The van der Waals surface area contributed by atoms with Gasteiger partial charge in [0.05, 0.1) is 12.1 Å². The van der Waals surface area contributed by atoms with E-state index in [0.29, 0.717) is 23.6 Å². The minimum absolute atomic E-state index is 0.0726. The molecule has 0 aliphatic heterocycles. The van der Waals surface area contributed by atoms with Crippen molar-refractivity contribution in [2.75, 3.05) is 5.32 Å². The summed E-state index contributed by atoms with van der Waals surface area (Å²) in [5, 5.41) is 8.30. The summed E-state index contributed by atoms with van der Waals surface area (Å²) in [6.07, 6.45) is 2.12. The first-order chi connectivity index (χ1) is 11.6. The quantitative estimate of drug-likeness (QED) is 0.609. The number of carbonyl (C=O) groups is 1. The number of aryl methyl sites for hydroxylation is 2. The number of amides is 1. The van der Waals surface area contributed by atoms with Crippen molar-refractivity contribution in [3.8, 4) is 0 Å². The minimum Gasteiger partial charge on any atom is -0.358 e. The Hall–Kier alpha value is -3.15. The summed E-state index contributed by atoms with van der Waals surface area (Å²) in [5.41, 5.74) is 4.41. The number of hydrogen-bond acceptors (Lipinski definition) is 3. The average molecular weight is 319 g/mol. The van der Waals surface area contributed by atoms with Gasteiger partial charge >= 0.3 is 0 Å². The highest BCUT2D eigenvalue weighted by Crippen LogP contribution is 2.23. The molecule has 2 N–H and O–H groups in total. The van der Waals surface area contributed by atoms with Crippen molar-refractivity contribution >= 4 is 28.1 Å². The molecule has 4 rings (SSSR count). The summed E-state index contributed by atoms with van der Waals surface area (Å²) in [5.74, 6) is 0.598. The molecular formula is C18H17N5O. The Morgan fingerprint density at radius 2 is 2.04 bits per heavy atom. The van der Waals surface area contributed by atoms with Crippen LogP contribution in [0, 0.1) is 13.8 Å². The van der Waals surface area contributed by atoms with E-state index in [2.05, 4.69) is 20.4 Å². The molecule has 3 heterocycles. The molecule has 0 atom stereocenters. The van der Waals surface area contributed by atoms with Crippen LogP contribution < -0.4 is 5.32 Å². The molecule has 1 aromatic carbocycles. The van der Waals surface area contributed by atoms with Gasteiger partial charge in [-0.15, -0.1) is 0 Å². The van der Waals surface area contributed by atoms with E-state index in [9.17, 15) is 4.79 Å².